The summed E-state index contributed by atoms with van der Waals surface area (Å²) in [4.78, 5) is 46.2. The molecule has 6 rings (SSSR count). The summed E-state index contributed by atoms with van der Waals surface area (Å²) in [5, 5.41) is 3.30. The van der Waals surface area contributed by atoms with Crippen molar-refractivity contribution in [2.45, 2.75) is 51.1 Å². The molecule has 3 heterocycles. The van der Waals surface area contributed by atoms with Crippen LogP contribution >= 0.6 is 0 Å². The molecule has 2 amide bonds. The number of primary amides is 1. The molecule has 1 atom stereocenters. The number of nitrogens with two attached hydrogens (primary N) is 1. The monoisotopic (exact) mass is 540 g/mol. The van der Waals surface area contributed by atoms with Gasteiger partial charge in [-0.1, -0.05) is 25.8 Å². The zero-order valence-corrected chi connectivity index (χ0v) is 22.8. The normalized spacial score (nSPS) is 17.4. The second-order valence-corrected chi connectivity index (χ2v) is 10.3. The summed E-state index contributed by atoms with van der Waals surface area (Å²) in [6, 6.07) is 10.9. The second kappa shape index (κ2) is 10.1. The van der Waals surface area contributed by atoms with Crippen molar-refractivity contribution < 1.29 is 14.3 Å². The van der Waals surface area contributed by atoms with Crippen molar-refractivity contribution in [2.75, 3.05) is 29.3 Å². The van der Waals surface area contributed by atoms with E-state index in [4.69, 9.17) is 15.5 Å². The lowest BCUT2D eigenvalue weighted by Gasteiger charge is -2.43. The first-order valence-corrected chi connectivity index (χ1v) is 13.6. The number of aromatic amines is 1. The van der Waals surface area contributed by atoms with Gasteiger partial charge in [-0.25, -0.2) is 9.97 Å². The van der Waals surface area contributed by atoms with Crippen LogP contribution < -0.4 is 25.6 Å². The number of aromatic nitrogens is 4. The van der Waals surface area contributed by atoms with E-state index in [0.29, 0.717) is 40.7 Å². The van der Waals surface area contributed by atoms with Crippen LogP contribution in [0.4, 0.5) is 23.1 Å². The number of carbonyl (C=O) groups excluding carboxylic acids is 2. The Kier molecular flexibility index (Phi) is 6.49. The number of imidazole rings is 1. The van der Waals surface area contributed by atoms with Crippen LogP contribution in [0.15, 0.2) is 42.6 Å². The van der Waals surface area contributed by atoms with Gasteiger partial charge in [-0.05, 0) is 49.6 Å². The summed E-state index contributed by atoms with van der Waals surface area (Å²) in [5.74, 6) is 1.90. The van der Waals surface area contributed by atoms with E-state index in [1.165, 1.54) is 0 Å². The molecule has 0 unspecified atom stereocenters. The summed E-state index contributed by atoms with van der Waals surface area (Å²) in [7, 11) is 3.38. The van der Waals surface area contributed by atoms with Gasteiger partial charge in [0, 0.05) is 18.7 Å². The number of methoxy groups -OCH3 is 1. The fraction of sp³-hybridized carbons (Fsp3) is 0.345. The molecule has 11 heteroatoms. The number of ether oxygens (including phenoxy) is 1. The number of fused-ring (bicyclic) bond motifs is 2. The predicted octanol–water partition coefficient (Wildman–Crippen LogP) is 4.38. The number of carbonyl (C=O) groups is 2. The molecule has 2 aromatic carbocycles. The van der Waals surface area contributed by atoms with Gasteiger partial charge in [0.25, 0.3) is 5.91 Å². The molecule has 2 aromatic heterocycles. The maximum absolute atomic E-state index is 13.2. The van der Waals surface area contributed by atoms with Gasteiger partial charge in [0.15, 0.2) is 5.82 Å². The standard InChI is InChI=1S/C29H32N8O3/c1-4-21-28(39)36(2)22-15-31-29(35-27(22)37(21)17-8-5-6-9-17)33-19-13-12-16(14-23(19)40-3)26-32-20-11-7-10-18(25(30)38)24(20)34-26/h7,10-15,17,21H,4-6,8-9H2,1-3H3,(H2,30,38)(H,32,34)(H,31,33,35)/t21-/m1/s1. The average Bonchev–Trinajstić information content (AvgIpc) is 3.65. The van der Waals surface area contributed by atoms with E-state index in [0.717, 1.165) is 48.3 Å². The topological polar surface area (TPSA) is 142 Å². The Morgan fingerprint density at radius 3 is 2.73 bits per heavy atom. The van der Waals surface area contributed by atoms with Crippen molar-refractivity contribution in [2.24, 2.45) is 5.73 Å². The lowest BCUT2D eigenvalue weighted by Crippen LogP contribution is -2.55. The van der Waals surface area contributed by atoms with E-state index in [-0.39, 0.29) is 18.0 Å². The van der Waals surface area contributed by atoms with Gasteiger partial charge in [0.1, 0.15) is 28.8 Å². The third-order valence-corrected chi connectivity index (χ3v) is 7.91. The number of hydrogen-bond acceptors (Lipinski definition) is 8. The van der Waals surface area contributed by atoms with Gasteiger partial charge in [-0.2, -0.15) is 4.98 Å². The van der Waals surface area contributed by atoms with Gasteiger partial charge in [-0.15, -0.1) is 0 Å². The van der Waals surface area contributed by atoms with Crippen molar-refractivity contribution in [1.29, 1.82) is 0 Å². The smallest absolute Gasteiger partial charge is 0.250 e. The molecule has 4 aromatic rings. The van der Waals surface area contributed by atoms with Crippen molar-refractivity contribution in [1.82, 2.24) is 19.9 Å². The van der Waals surface area contributed by atoms with Crippen molar-refractivity contribution in [3.63, 3.8) is 0 Å². The zero-order chi connectivity index (χ0) is 28.0. The number of para-hydroxylation sites is 1. The molecule has 1 aliphatic carbocycles. The Bertz CT molecular complexity index is 1610. The molecule has 11 nitrogen and oxygen atoms in total. The van der Waals surface area contributed by atoms with Crippen LogP contribution in [0.2, 0.25) is 0 Å². The molecule has 1 saturated carbocycles. The Labute approximate surface area is 231 Å². The second-order valence-electron chi connectivity index (χ2n) is 10.3. The minimum absolute atomic E-state index is 0.0806. The van der Waals surface area contributed by atoms with Gasteiger partial charge < -0.3 is 30.6 Å². The summed E-state index contributed by atoms with van der Waals surface area (Å²) in [5.41, 5.74) is 9.30. The van der Waals surface area contributed by atoms with E-state index in [2.05, 4.69) is 25.2 Å². The van der Waals surface area contributed by atoms with Crippen LogP contribution in [-0.4, -0.2) is 58.0 Å². The molecule has 0 radical (unpaired) electrons. The van der Waals surface area contributed by atoms with Gasteiger partial charge in [0.05, 0.1) is 30.1 Å². The van der Waals surface area contributed by atoms with Crippen LogP contribution in [0.25, 0.3) is 22.4 Å². The molecule has 1 fully saturated rings. The van der Waals surface area contributed by atoms with Gasteiger partial charge >= 0.3 is 0 Å². The SMILES string of the molecule is CC[C@@H]1C(=O)N(C)c2cnc(Nc3ccc(-c4nc5c(C(N)=O)cccc5[nH]4)cc3OC)nc2N1C1CCCC1. The highest BCUT2D eigenvalue weighted by Gasteiger charge is 2.41. The average molecular weight is 541 g/mol. The van der Waals surface area contributed by atoms with Crippen LogP contribution in [0.3, 0.4) is 0 Å². The maximum atomic E-state index is 13.2. The number of likely N-dealkylation sites (N-methyl/N-ethyl adjacent to an activating group) is 1. The Hall–Kier alpha value is -4.67. The van der Waals surface area contributed by atoms with Crippen LogP contribution in [0.1, 0.15) is 49.4 Å². The van der Waals surface area contributed by atoms with E-state index in [9.17, 15) is 9.59 Å². The summed E-state index contributed by atoms with van der Waals surface area (Å²) < 4.78 is 5.70. The molecule has 1 aliphatic heterocycles. The third-order valence-electron chi connectivity index (χ3n) is 7.91. The lowest BCUT2D eigenvalue weighted by molar-refractivity contribution is -0.120. The Morgan fingerprint density at radius 2 is 2.00 bits per heavy atom. The van der Waals surface area contributed by atoms with E-state index >= 15 is 0 Å². The number of nitrogens with one attached hydrogen (secondary N) is 2. The molecule has 2 aliphatic rings. The number of amides is 2. The molecule has 0 bridgehead atoms. The molecule has 206 valence electrons. The van der Waals surface area contributed by atoms with Crippen molar-refractivity contribution in [3.8, 4) is 17.1 Å². The first-order valence-electron chi connectivity index (χ1n) is 13.6. The fourth-order valence-corrected chi connectivity index (χ4v) is 5.87. The summed E-state index contributed by atoms with van der Waals surface area (Å²) >= 11 is 0. The number of anilines is 4. The molecular formula is C29H32N8O3. The number of benzene rings is 2. The lowest BCUT2D eigenvalue weighted by atomic mass is 10.0. The molecule has 0 saturated heterocycles. The zero-order valence-electron chi connectivity index (χ0n) is 22.8. The quantitative estimate of drug-likeness (QED) is 0.314. The predicted molar refractivity (Wildman–Crippen MR) is 154 cm³/mol. The first-order chi connectivity index (χ1) is 19.4. The van der Waals surface area contributed by atoms with Crippen LogP contribution in [-0.2, 0) is 4.79 Å². The van der Waals surface area contributed by atoms with Crippen molar-refractivity contribution >= 4 is 46.0 Å². The number of hydrogen-bond donors (Lipinski definition) is 3. The molecule has 4 N–H and O–H groups in total. The number of H-pyrrole nitrogens is 1. The molecule has 40 heavy (non-hydrogen) atoms. The van der Waals surface area contributed by atoms with Crippen molar-refractivity contribution in [3.05, 3.63) is 48.2 Å². The third kappa shape index (κ3) is 4.27. The highest BCUT2D eigenvalue weighted by molar-refractivity contribution is 6.05. The Balaban J connectivity index is 1.34. The minimum atomic E-state index is -0.529. The first kappa shape index (κ1) is 25.6. The van der Waals surface area contributed by atoms with Gasteiger partial charge in [-0.3, -0.25) is 9.59 Å². The largest absolute Gasteiger partial charge is 0.495 e. The fourth-order valence-electron chi connectivity index (χ4n) is 5.87. The number of nitrogens with zero attached hydrogens (tertiary/aromatic N) is 5. The number of rotatable bonds is 7. The van der Waals surface area contributed by atoms with E-state index in [1.54, 1.807) is 37.4 Å². The highest BCUT2D eigenvalue weighted by atomic mass is 16.5. The maximum Gasteiger partial charge on any atom is 0.250 e. The van der Waals surface area contributed by atoms with E-state index in [1.807, 2.05) is 31.2 Å². The van der Waals surface area contributed by atoms with Crippen LogP contribution in [0, 0.1) is 0 Å². The highest BCUT2D eigenvalue weighted by Crippen LogP contribution is 2.40. The van der Waals surface area contributed by atoms with E-state index < -0.39 is 5.91 Å². The molecular weight excluding hydrogens is 508 g/mol. The molecule has 0 spiro atoms. The summed E-state index contributed by atoms with van der Waals surface area (Å²) in [6.45, 7) is 2.05. The summed E-state index contributed by atoms with van der Waals surface area (Å²) in [6.07, 6.45) is 6.85. The Morgan fingerprint density at radius 1 is 1.20 bits per heavy atom. The van der Waals surface area contributed by atoms with Crippen LogP contribution in [0.5, 0.6) is 5.75 Å². The minimum Gasteiger partial charge on any atom is -0.495 e. The van der Waals surface area contributed by atoms with Gasteiger partial charge in [0.2, 0.25) is 11.9 Å².